The van der Waals surface area contributed by atoms with E-state index in [0.717, 1.165) is 33.6 Å². The molecule has 0 fully saturated rings. The van der Waals surface area contributed by atoms with Gasteiger partial charge in [0.15, 0.2) is 0 Å². The molecule has 2 aromatic rings. The number of nitrogens with zero attached hydrogens (tertiary/aromatic N) is 2. The molecule has 0 atom stereocenters. The Bertz CT molecular complexity index is 697. The first-order valence-electron chi connectivity index (χ1n) is 8.20. The third-order valence-electron chi connectivity index (χ3n) is 3.96. The summed E-state index contributed by atoms with van der Waals surface area (Å²) < 4.78 is 0. The molecule has 0 radical (unpaired) electrons. The van der Waals surface area contributed by atoms with Gasteiger partial charge in [-0.25, -0.2) is 0 Å². The minimum atomic E-state index is -0.482. The van der Waals surface area contributed by atoms with Gasteiger partial charge in [0.1, 0.15) is 0 Å². The van der Waals surface area contributed by atoms with Crippen LogP contribution in [0, 0.1) is 13.8 Å². The highest BCUT2D eigenvalue weighted by molar-refractivity contribution is 5.54. The van der Waals surface area contributed by atoms with E-state index in [1.165, 1.54) is 0 Å². The molecule has 0 spiro atoms. The third kappa shape index (κ3) is 4.28. The van der Waals surface area contributed by atoms with Crippen LogP contribution in [0.15, 0.2) is 46.6 Å². The van der Waals surface area contributed by atoms with Gasteiger partial charge in [-0.1, -0.05) is 24.3 Å². The number of azo groups is 1. The average Bonchev–Trinajstić information content (AvgIpc) is 2.42. The second-order valence-corrected chi connectivity index (χ2v) is 7.68. The average molecular weight is 324 g/mol. The van der Waals surface area contributed by atoms with Gasteiger partial charge in [0.2, 0.25) is 0 Å². The quantitative estimate of drug-likeness (QED) is 0.767. The van der Waals surface area contributed by atoms with Gasteiger partial charge in [-0.05, 0) is 75.9 Å². The molecule has 4 heteroatoms. The van der Waals surface area contributed by atoms with E-state index in [-0.39, 0.29) is 0 Å². The summed E-state index contributed by atoms with van der Waals surface area (Å²) in [5.41, 5.74) is 17.4. The van der Waals surface area contributed by atoms with Crippen molar-refractivity contribution in [3.8, 4) is 0 Å². The molecular weight excluding hydrogens is 296 g/mol. The van der Waals surface area contributed by atoms with E-state index in [1.807, 2.05) is 77.9 Å². The van der Waals surface area contributed by atoms with E-state index in [4.69, 9.17) is 11.5 Å². The molecule has 24 heavy (non-hydrogen) atoms. The van der Waals surface area contributed by atoms with Crippen LogP contribution in [0.25, 0.3) is 0 Å². The summed E-state index contributed by atoms with van der Waals surface area (Å²) in [7, 11) is 0. The zero-order chi connectivity index (χ0) is 18.1. The summed E-state index contributed by atoms with van der Waals surface area (Å²) in [6, 6.07) is 12.2. The van der Waals surface area contributed by atoms with E-state index in [1.54, 1.807) is 0 Å². The molecule has 2 aromatic carbocycles. The molecule has 0 aliphatic carbocycles. The topological polar surface area (TPSA) is 76.8 Å². The predicted octanol–water partition coefficient (Wildman–Crippen LogP) is 5.11. The molecule has 0 aliphatic rings. The molecule has 0 aromatic heterocycles. The maximum absolute atomic E-state index is 6.28. The van der Waals surface area contributed by atoms with Crippen LogP contribution in [-0.2, 0) is 11.1 Å². The second kappa shape index (κ2) is 6.46. The Labute approximate surface area is 145 Å². The van der Waals surface area contributed by atoms with E-state index in [0.29, 0.717) is 0 Å². The largest absolute Gasteiger partial charge is 0.322 e. The Morgan fingerprint density at radius 3 is 1.29 bits per heavy atom. The molecule has 0 unspecified atom stereocenters. The van der Waals surface area contributed by atoms with Crippen LogP contribution >= 0.6 is 0 Å². The zero-order valence-electron chi connectivity index (χ0n) is 15.5. The fraction of sp³-hybridized carbons (Fsp3) is 0.400. The highest BCUT2D eigenvalue weighted by Crippen LogP contribution is 2.33. The fourth-order valence-electron chi connectivity index (χ4n) is 2.65. The van der Waals surface area contributed by atoms with Gasteiger partial charge in [-0.3, -0.25) is 0 Å². The van der Waals surface area contributed by atoms with Crippen LogP contribution < -0.4 is 11.5 Å². The number of benzene rings is 2. The molecule has 0 heterocycles. The van der Waals surface area contributed by atoms with Gasteiger partial charge in [0.05, 0.1) is 11.4 Å². The highest BCUT2D eigenvalue weighted by Gasteiger charge is 2.20. The van der Waals surface area contributed by atoms with Gasteiger partial charge in [0.25, 0.3) is 0 Å². The lowest BCUT2D eigenvalue weighted by Gasteiger charge is -2.22. The first-order chi connectivity index (χ1) is 11.0. The van der Waals surface area contributed by atoms with Crippen LogP contribution in [0.5, 0.6) is 0 Å². The molecule has 2 rings (SSSR count). The van der Waals surface area contributed by atoms with Crippen LogP contribution in [0.1, 0.15) is 49.9 Å². The Hall–Kier alpha value is -2.04. The van der Waals surface area contributed by atoms with Crippen LogP contribution in [-0.4, -0.2) is 0 Å². The Balaban J connectivity index is 2.53. The van der Waals surface area contributed by atoms with Crippen molar-refractivity contribution in [1.82, 2.24) is 0 Å². The Morgan fingerprint density at radius 1 is 0.667 bits per heavy atom. The molecule has 0 bridgehead atoms. The second-order valence-electron chi connectivity index (χ2n) is 7.68. The van der Waals surface area contributed by atoms with Gasteiger partial charge >= 0.3 is 0 Å². The first kappa shape index (κ1) is 18.3. The predicted molar refractivity (Wildman–Crippen MR) is 101 cm³/mol. The standard InChI is InChI=1S/C20H28N4/c1-13-7-9-15(19(3,4)21)17(11-13)23-24-18-12-14(2)8-10-16(18)20(5,6)22/h7-12H,21-22H2,1-6H3. The van der Waals surface area contributed by atoms with Gasteiger partial charge in [-0.15, -0.1) is 0 Å². The Kier molecular flexibility index (Phi) is 4.92. The monoisotopic (exact) mass is 324 g/mol. The minimum Gasteiger partial charge on any atom is -0.322 e. The number of rotatable bonds is 4. The number of aryl methyl sites for hydroxylation is 2. The normalized spacial score (nSPS) is 12.8. The lowest BCUT2D eigenvalue weighted by molar-refractivity contribution is 0.553. The van der Waals surface area contributed by atoms with Crippen molar-refractivity contribution in [1.29, 1.82) is 0 Å². The zero-order valence-corrected chi connectivity index (χ0v) is 15.5. The fourth-order valence-corrected chi connectivity index (χ4v) is 2.65. The lowest BCUT2D eigenvalue weighted by Crippen LogP contribution is -2.29. The van der Waals surface area contributed by atoms with Crippen molar-refractivity contribution in [3.63, 3.8) is 0 Å². The van der Waals surface area contributed by atoms with Crippen molar-refractivity contribution in [2.45, 2.75) is 52.6 Å². The molecule has 0 aliphatic heterocycles. The highest BCUT2D eigenvalue weighted by atomic mass is 15.1. The van der Waals surface area contributed by atoms with Crippen molar-refractivity contribution in [2.75, 3.05) is 0 Å². The Morgan fingerprint density at radius 2 is 1.00 bits per heavy atom. The van der Waals surface area contributed by atoms with Crippen molar-refractivity contribution in [3.05, 3.63) is 58.7 Å². The maximum atomic E-state index is 6.28. The molecule has 0 saturated carbocycles. The smallest absolute Gasteiger partial charge is 0.0910 e. The first-order valence-corrected chi connectivity index (χ1v) is 8.20. The number of hydrogen-bond acceptors (Lipinski definition) is 4. The van der Waals surface area contributed by atoms with Crippen LogP contribution in [0.3, 0.4) is 0 Å². The summed E-state index contributed by atoms with van der Waals surface area (Å²) >= 11 is 0. The molecule has 0 saturated heterocycles. The molecule has 4 nitrogen and oxygen atoms in total. The van der Waals surface area contributed by atoms with Crippen molar-refractivity contribution in [2.24, 2.45) is 21.7 Å². The maximum Gasteiger partial charge on any atom is 0.0910 e. The van der Waals surface area contributed by atoms with Gasteiger partial charge in [-0.2, -0.15) is 10.2 Å². The number of hydrogen-bond donors (Lipinski definition) is 2. The molecule has 128 valence electrons. The summed E-state index contributed by atoms with van der Waals surface area (Å²) in [5, 5.41) is 9.02. The van der Waals surface area contributed by atoms with Crippen LogP contribution in [0.2, 0.25) is 0 Å². The summed E-state index contributed by atoms with van der Waals surface area (Å²) in [4.78, 5) is 0. The van der Waals surface area contributed by atoms with Gasteiger partial charge in [0, 0.05) is 11.1 Å². The van der Waals surface area contributed by atoms with E-state index < -0.39 is 11.1 Å². The van der Waals surface area contributed by atoms with Crippen LogP contribution in [0.4, 0.5) is 11.4 Å². The third-order valence-corrected chi connectivity index (χ3v) is 3.96. The van der Waals surface area contributed by atoms with E-state index in [9.17, 15) is 0 Å². The van der Waals surface area contributed by atoms with E-state index >= 15 is 0 Å². The summed E-state index contributed by atoms with van der Waals surface area (Å²) in [6.45, 7) is 12.0. The van der Waals surface area contributed by atoms with Gasteiger partial charge < -0.3 is 11.5 Å². The summed E-state index contributed by atoms with van der Waals surface area (Å²) in [5.74, 6) is 0. The molecule has 0 amide bonds. The van der Waals surface area contributed by atoms with Crippen molar-refractivity contribution < 1.29 is 0 Å². The van der Waals surface area contributed by atoms with E-state index in [2.05, 4.69) is 10.2 Å². The molecule has 4 N–H and O–H groups in total. The summed E-state index contributed by atoms with van der Waals surface area (Å²) in [6.07, 6.45) is 0. The molecular formula is C20H28N4. The number of nitrogens with two attached hydrogens (primary N) is 2. The minimum absolute atomic E-state index is 0.482. The SMILES string of the molecule is Cc1ccc(C(C)(C)N)c(N=Nc2cc(C)ccc2C(C)(C)N)c1. The lowest BCUT2D eigenvalue weighted by atomic mass is 9.93. The van der Waals surface area contributed by atoms with Crippen molar-refractivity contribution >= 4 is 11.4 Å².